The van der Waals surface area contributed by atoms with E-state index in [4.69, 9.17) is 21.1 Å². The zero-order valence-corrected chi connectivity index (χ0v) is 16.9. The Morgan fingerprint density at radius 2 is 2.00 bits per heavy atom. The van der Waals surface area contributed by atoms with Crippen LogP contribution in [0.25, 0.3) is 0 Å². The van der Waals surface area contributed by atoms with Crippen molar-refractivity contribution < 1.29 is 13.9 Å². The molecule has 150 valence electrons. The molecule has 0 amide bonds. The predicted molar refractivity (Wildman–Crippen MR) is 111 cm³/mol. The van der Waals surface area contributed by atoms with Crippen LogP contribution < -0.4 is 9.47 Å². The maximum Gasteiger partial charge on any atom is 0.180 e. The first-order valence-electron chi connectivity index (χ1n) is 9.62. The lowest BCUT2D eigenvalue weighted by Crippen LogP contribution is -2.31. The van der Waals surface area contributed by atoms with Crippen molar-refractivity contribution in [3.63, 3.8) is 0 Å². The van der Waals surface area contributed by atoms with Crippen molar-refractivity contribution in [2.24, 2.45) is 4.99 Å². The van der Waals surface area contributed by atoms with E-state index in [2.05, 4.69) is 9.89 Å². The van der Waals surface area contributed by atoms with Crippen LogP contribution in [0.4, 0.5) is 4.39 Å². The first kappa shape index (κ1) is 20.6. The highest BCUT2D eigenvalue weighted by atomic mass is 35.5. The summed E-state index contributed by atoms with van der Waals surface area (Å²) in [6.45, 7) is 4.30. The Balaban J connectivity index is 1.61. The molecule has 1 aliphatic heterocycles. The molecule has 0 N–H and O–H groups in total. The van der Waals surface area contributed by atoms with Gasteiger partial charge >= 0.3 is 0 Å². The molecule has 0 bridgehead atoms. The van der Waals surface area contributed by atoms with Gasteiger partial charge in [-0.15, -0.1) is 0 Å². The normalized spacial score (nSPS) is 15.1. The first-order valence-corrected chi connectivity index (χ1v) is 10.0. The highest BCUT2D eigenvalue weighted by Crippen LogP contribution is 2.36. The van der Waals surface area contributed by atoms with E-state index in [-0.39, 0.29) is 12.4 Å². The minimum Gasteiger partial charge on any atom is -0.493 e. The smallest absolute Gasteiger partial charge is 0.180 e. The molecule has 0 aliphatic carbocycles. The van der Waals surface area contributed by atoms with E-state index in [9.17, 15) is 4.39 Å². The van der Waals surface area contributed by atoms with Gasteiger partial charge in [0.2, 0.25) is 0 Å². The maximum absolute atomic E-state index is 13.3. The van der Waals surface area contributed by atoms with Crippen LogP contribution in [0.3, 0.4) is 0 Å². The Morgan fingerprint density at radius 3 is 2.75 bits per heavy atom. The minimum atomic E-state index is -0.296. The van der Waals surface area contributed by atoms with Gasteiger partial charge in [0.1, 0.15) is 12.4 Å². The number of nitrogens with zero attached hydrogens (tertiary/aromatic N) is 2. The maximum atomic E-state index is 13.3. The zero-order valence-electron chi connectivity index (χ0n) is 16.2. The third kappa shape index (κ3) is 5.94. The molecule has 1 saturated heterocycles. The van der Waals surface area contributed by atoms with E-state index in [1.807, 2.05) is 12.3 Å². The van der Waals surface area contributed by atoms with Gasteiger partial charge in [0.25, 0.3) is 0 Å². The lowest BCUT2D eigenvalue weighted by molar-refractivity contribution is 0.235. The molecule has 0 aromatic heterocycles. The number of methoxy groups -OCH3 is 1. The quantitative estimate of drug-likeness (QED) is 0.582. The van der Waals surface area contributed by atoms with Crippen molar-refractivity contribution in [2.75, 3.05) is 33.3 Å². The average molecular weight is 405 g/mol. The Kier molecular flexibility index (Phi) is 7.69. The summed E-state index contributed by atoms with van der Waals surface area (Å²) in [4.78, 5) is 6.98. The van der Waals surface area contributed by atoms with Gasteiger partial charge in [0.15, 0.2) is 11.5 Å². The van der Waals surface area contributed by atoms with Gasteiger partial charge in [-0.1, -0.05) is 30.2 Å². The SMILES string of the molecule is COc1cc(/C=N/CCN2CCCCC2)cc(Cl)c1OCc1cccc(F)c1. The number of halogens is 2. The van der Waals surface area contributed by atoms with E-state index < -0.39 is 0 Å². The van der Waals surface area contributed by atoms with Crippen LogP contribution in [0.5, 0.6) is 11.5 Å². The van der Waals surface area contributed by atoms with Gasteiger partial charge in [0, 0.05) is 12.8 Å². The second kappa shape index (κ2) is 10.4. The van der Waals surface area contributed by atoms with Crippen LogP contribution in [0.1, 0.15) is 30.4 Å². The summed E-state index contributed by atoms with van der Waals surface area (Å²) in [7, 11) is 1.57. The summed E-state index contributed by atoms with van der Waals surface area (Å²) in [6.07, 6.45) is 5.72. The van der Waals surface area contributed by atoms with Crippen molar-refractivity contribution in [1.82, 2.24) is 4.90 Å². The molecular formula is C22H26ClFN2O2. The first-order chi connectivity index (χ1) is 13.7. The monoisotopic (exact) mass is 404 g/mol. The molecule has 0 unspecified atom stereocenters. The van der Waals surface area contributed by atoms with E-state index in [1.54, 1.807) is 25.3 Å². The number of piperidine rings is 1. The molecule has 0 atom stereocenters. The summed E-state index contributed by atoms with van der Waals surface area (Å²) in [5, 5.41) is 0.438. The second-order valence-electron chi connectivity index (χ2n) is 6.89. The Bertz CT molecular complexity index is 807. The third-order valence-electron chi connectivity index (χ3n) is 4.76. The average Bonchev–Trinajstić information content (AvgIpc) is 2.71. The van der Waals surface area contributed by atoms with E-state index >= 15 is 0 Å². The molecule has 0 radical (unpaired) electrons. The number of likely N-dealkylation sites (tertiary alicyclic amines) is 1. The molecule has 1 aliphatic rings. The summed E-state index contributed by atoms with van der Waals surface area (Å²) < 4.78 is 24.5. The molecule has 4 nitrogen and oxygen atoms in total. The zero-order chi connectivity index (χ0) is 19.8. The van der Waals surface area contributed by atoms with Crippen LogP contribution in [-0.2, 0) is 6.61 Å². The molecule has 0 spiro atoms. The highest BCUT2D eigenvalue weighted by molar-refractivity contribution is 6.32. The van der Waals surface area contributed by atoms with Gasteiger partial charge in [-0.05, 0) is 61.3 Å². The van der Waals surface area contributed by atoms with Crippen LogP contribution in [0.2, 0.25) is 5.02 Å². The molecule has 2 aromatic carbocycles. The molecule has 28 heavy (non-hydrogen) atoms. The number of ether oxygens (including phenoxy) is 2. The molecule has 0 saturated carbocycles. The lowest BCUT2D eigenvalue weighted by Gasteiger charge is -2.25. The fourth-order valence-electron chi connectivity index (χ4n) is 3.29. The number of aliphatic imine (C=N–C) groups is 1. The van der Waals surface area contributed by atoms with E-state index in [0.717, 1.165) is 24.2 Å². The predicted octanol–water partition coefficient (Wildman–Crippen LogP) is 4.97. The van der Waals surface area contributed by atoms with Crippen molar-refractivity contribution >= 4 is 17.8 Å². The van der Waals surface area contributed by atoms with E-state index in [0.29, 0.717) is 16.5 Å². The largest absolute Gasteiger partial charge is 0.493 e. The van der Waals surface area contributed by atoms with Crippen LogP contribution in [0, 0.1) is 5.82 Å². The van der Waals surface area contributed by atoms with Gasteiger partial charge in [-0.2, -0.15) is 0 Å². The molecule has 3 rings (SSSR count). The van der Waals surface area contributed by atoms with Crippen molar-refractivity contribution in [2.45, 2.75) is 25.9 Å². The highest BCUT2D eigenvalue weighted by Gasteiger charge is 2.12. The standard InChI is InChI=1S/C22H26ClFN2O2/c1-27-21-14-18(15-25-8-11-26-9-3-2-4-10-26)13-20(23)22(21)28-16-17-6-5-7-19(24)12-17/h5-7,12-15H,2-4,8-11,16H2,1H3/b25-15+. The Labute approximate surface area is 170 Å². The van der Waals surface area contributed by atoms with E-state index in [1.165, 1.54) is 44.5 Å². The molecule has 1 heterocycles. The fraction of sp³-hybridized carbons (Fsp3) is 0.409. The number of hydrogen-bond acceptors (Lipinski definition) is 4. The summed E-state index contributed by atoms with van der Waals surface area (Å²) in [5.41, 5.74) is 1.58. The van der Waals surface area contributed by atoms with Gasteiger partial charge < -0.3 is 14.4 Å². The summed E-state index contributed by atoms with van der Waals surface area (Å²) in [6, 6.07) is 9.93. The van der Waals surface area contributed by atoms with Crippen molar-refractivity contribution in [3.8, 4) is 11.5 Å². The molecule has 1 fully saturated rings. The third-order valence-corrected chi connectivity index (χ3v) is 5.04. The van der Waals surface area contributed by atoms with Crippen LogP contribution in [0.15, 0.2) is 41.4 Å². The number of hydrogen-bond donors (Lipinski definition) is 0. The van der Waals surface area contributed by atoms with Gasteiger partial charge in [0.05, 0.1) is 18.7 Å². The molecule has 2 aromatic rings. The Morgan fingerprint density at radius 1 is 1.18 bits per heavy atom. The Hall–Kier alpha value is -2.11. The molecule has 6 heteroatoms. The van der Waals surface area contributed by atoms with Gasteiger partial charge in [-0.3, -0.25) is 4.99 Å². The minimum absolute atomic E-state index is 0.205. The fourth-order valence-corrected chi connectivity index (χ4v) is 3.56. The van der Waals surface area contributed by atoms with Crippen LogP contribution >= 0.6 is 11.6 Å². The topological polar surface area (TPSA) is 34.1 Å². The second-order valence-corrected chi connectivity index (χ2v) is 7.30. The van der Waals surface area contributed by atoms with Crippen LogP contribution in [-0.4, -0.2) is 44.4 Å². The number of benzene rings is 2. The van der Waals surface area contributed by atoms with Gasteiger partial charge in [-0.25, -0.2) is 4.39 Å². The summed E-state index contributed by atoms with van der Waals surface area (Å²) in [5.74, 6) is 0.676. The summed E-state index contributed by atoms with van der Waals surface area (Å²) >= 11 is 6.40. The van der Waals surface area contributed by atoms with Crippen molar-refractivity contribution in [1.29, 1.82) is 0 Å². The lowest BCUT2D eigenvalue weighted by atomic mass is 10.1. The number of rotatable bonds is 8. The van der Waals surface area contributed by atoms with Crippen molar-refractivity contribution in [3.05, 3.63) is 58.4 Å². The molecular weight excluding hydrogens is 379 g/mol.